The highest BCUT2D eigenvalue weighted by Gasteiger charge is 2.31. The lowest BCUT2D eigenvalue weighted by atomic mass is 9.86. The summed E-state index contributed by atoms with van der Waals surface area (Å²) in [6, 6.07) is 7.12. The van der Waals surface area contributed by atoms with E-state index in [0.29, 0.717) is 71.3 Å². The van der Waals surface area contributed by atoms with Crippen LogP contribution in [0.15, 0.2) is 30.3 Å². The highest BCUT2D eigenvalue weighted by atomic mass is 19.2. The smallest absolute Gasteiger partial charge is 0.332 e. The van der Waals surface area contributed by atoms with E-state index < -0.39 is 29.8 Å². The molecule has 37 heavy (non-hydrogen) atoms. The molecule has 2 aliphatic heterocycles. The van der Waals surface area contributed by atoms with E-state index in [1.807, 2.05) is 0 Å². The molecule has 2 unspecified atom stereocenters. The Morgan fingerprint density at radius 2 is 1.89 bits per heavy atom. The molecule has 0 bridgehead atoms. The molecule has 4 N–H and O–H groups in total. The molecule has 194 valence electrons. The number of carboxylic acid groups (broad SMARTS) is 1. The third kappa shape index (κ3) is 4.99. The molecular weight excluding hydrogens is 484 g/mol. The quantitative estimate of drug-likeness (QED) is 0.324. The van der Waals surface area contributed by atoms with Crippen LogP contribution >= 0.6 is 0 Å². The van der Waals surface area contributed by atoms with Crippen LogP contribution in [-0.4, -0.2) is 54.3 Å². The van der Waals surface area contributed by atoms with Crippen LogP contribution in [0.5, 0.6) is 5.88 Å². The zero-order valence-electron chi connectivity index (χ0n) is 20.0. The molecule has 2 saturated heterocycles. The van der Waals surface area contributed by atoms with Crippen LogP contribution < -0.4 is 10.5 Å². The van der Waals surface area contributed by atoms with Crippen molar-refractivity contribution in [2.24, 2.45) is 0 Å². The molecule has 2 aliphatic rings. The van der Waals surface area contributed by atoms with Crippen LogP contribution in [0.1, 0.15) is 42.9 Å². The SMILES string of the molecule is N=Cc1cc2c(-c3ccc(F)c(F)c3)c(C3CCOCC3)nc(OC3CCOC(C(=O)O)C3)c2cc1N. The van der Waals surface area contributed by atoms with Gasteiger partial charge in [0.05, 0.1) is 12.3 Å². The summed E-state index contributed by atoms with van der Waals surface area (Å²) in [5.41, 5.74) is 8.73. The number of nitrogens with two attached hydrogens (primary N) is 1. The number of aromatic nitrogens is 1. The minimum absolute atomic E-state index is 0.0361. The van der Waals surface area contributed by atoms with Crippen LogP contribution in [-0.2, 0) is 14.3 Å². The molecule has 2 aromatic carbocycles. The number of nitrogen functional groups attached to an aromatic ring is 1. The molecule has 0 aliphatic carbocycles. The molecular formula is C27H27F2N3O5. The summed E-state index contributed by atoms with van der Waals surface area (Å²) in [5, 5.41) is 18.4. The van der Waals surface area contributed by atoms with Gasteiger partial charge in [-0.05, 0) is 48.1 Å². The molecule has 8 nitrogen and oxygen atoms in total. The van der Waals surface area contributed by atoms with Gasteiger partial charge >= 0.3 is 5.97 Å². The van der Waals surface area contributed by atoms with Gasteiger partial charge in [0.1, 0.15) is 6.10 Å². The number of fused-ring (bicyclic) bond motifs is 1. The van der Waals surface area contributed by atoms with Crippen molar-refractivity contribution in [2.75, 3.05) is 25.6 Å². The number of benzene rings is 2. The maximum absolute atomic E-state index is 14.4. The van der Waals surface area contributed by atoms with Crippen molar-refractivity contribution in [3.05, 3.63) is 53.2 Å². The monoisotopic (exact) mass is 511 g/mol. The van der Waals surface area contributed by atoms with E-state index in [0.717, 1.165) is 18.3 Å². The van der Waals surface area contributed by atoms with Crippen molar-refractivity contribution in [1.82, 2.24) is 4.98 Å². The summed E-state index contributed by atoms with van der Waals surface area (Å²) in [5.74, 6) is -2.74. The Morgan fingerprint density at radius 3 is 2.59 bits per heavy atom. The maximum atomic E-state index is 14.4. The first-order valence-electron chi connectivity index (χ1n) is 12.2. The molecule has 0 radical (unpaired) electrons. The number of hydrogen-bond donors (Lipinski definition) is 3. The number of halogens is 2. The molecule has 10 heteroatoms. The van der Waals surface area contributed by atoms with Gasteiger partial charge in [0, 0.05) is 60.4 Å². The summed E-state index contributed by atoms with van der Waals surface area (Å²) in [4.78, 5) is 16.4. The van der Waals surface area contributed by atoms with Gasteiger partial charge in [-0.25, -0.2) is 18.6 Å². The zero-order valence-corrected chi connectivity index (χ0v) is 20.0. The Labute approximate surface area is 211 Å². The van der Waals surface area contributed by atoms with Gasteiger partial charge < -0.3 is 30.5 Å². The Bertz CT molecular complexity index is 1360. The molecule has 2 fully saturated rings. The van der Waals surface area contributed by atoms with Gasteiger partial charge in [0.2, 0.25) is 5.88 Å². The first-order chi connectivity index (χ1) is 17.9. The first kappa shape index (κ1) is 25.0. The Kier molecular flexibility index (Phi) is 7.03. The number of nitrogens with one attached hydrogen (secondary N) is 1. The molecule has 3 aromatic rings. The van der Waals surface area contributed by atoms with Crippen molar-refractivity contribution in [1.29, 1.82) is 5.41 Å². The summed E-state index contributed by atoms with van der Waals surface area (Å²) in [7, 11) is 0. The average molecular weight is 512 g/mol. The van der Waals surface area contributed by atoms with Gasteiger partial charge in [-0.1, -0.05) is 6.07 Å². The zero-order chi connectivity index (χ0) is 26.1. The number of carboxylic acids is 1. The number of rotatable bonds is 6. The Hall–Kier alpha value is -3.63. The maximum Gasteiger partial charge on any atom is 0.332 e. The number of aliphatic carboxylic acids is 1. The average Bonchev–Trinajstić information content (AvgIpc) is 2.90. The number of nitrogens with zero attached hydrogens (tertiary/aromatic N) is 1. The van der Waals surface area contributed by atoms with Crippen molar-refractivity contribution in [2.45, 2.75) is 43.8 Å². The van der Waals surface area contributed by atoms with Gasteiger partial charge in [-0.3, -0.25) is 0 Å². The Balaban J connectivity index is 1.72. The van der Waals surface area contributed by atoms with Crippen molar-refractivity contribution >= 4 is 28.6 Å². The minimum atomic E-state index is -1.05. The molecule has 0 amide bonds. The third-order valence-corrected chi connectivity index (χ3v) is 6.96. The van der Waals surface area contributed by atoms with E-state index in [1.54, 1.807) is 12.1 Å². The van der Waals surface area contributed by atoms with E-state index >= 15 is 0 Å². The highest BCUT2D eigenvalue weighted by Crippen LogP contribution is 2.43. The fourth-order valence-corrected chi connectivity index (χ4v) is 5.02. The Morgan fingerprint density at radius 1 is 1.11 bits per heavy atom. The van der Waals surface area contributed by atoms with E-state index in [2.05, 4.69) is 0 Å². The summed E-state index contributed by atoms with van der Waals surface area (Å²) in [6.07, 6.45) is 1.71. The van der Waals surface area contributed by atoms with Crippen molar-refractivity contribution in [3.8, 4) is 17.0 Å². The second kappa shape index (κ2) is 10.4. The predicted molar refractivity (Wildman–Crippen MR) is 133 cm³/mol. The number of carbonyl (C=O) groups is 1. The largest absolute Gasteiger partial charge is 0.479 e. The fourth-order valence-electron chi connectivity index (χ4n) is 5.02. The van der Waals surface area contributed by atoms with E-state index in [-0.39, 0.29) is 24.8 Å². The summed E-state index contributed by atoms with van der Waals surface area (Å²) >= 11 is 0. The third-order valence-electron chi connectivity index (χ3n) is 6.96. The molecule has 3 heterocycles. The van der Waals surface area contributed by atoms with Crippen LogP contribution in [0.25, 0.3) is 21.9 Å². The minimum Gasteiger partial charge on any atom is -0.479 e. The normalized spacial score (nSPS) is 20.6. The number of hydrogen-bond acceptors (Lipinski definition) is 7. The second-order valence-electron chi connectivity index (χ2n) is 9.33. The van der Waals surface area contributed by atoms with Gasteiger partial charge in [-0.15, -0.1) is 0 Å². The van der Waals surface area contributed by atoms with Crippen LogP contribution in [0.4, 0.5) is 14.5 Å². The standard InChI is InChI=1S/C27H27F2N3O5/c28-20-2-1-15(10-21(20)29)24-18-9-16(13-30)22(31)12-19(18)26(32-25(24)14-3-6-35-7-4-14)37-17-5-8-36-23(11-17)27(33)34/h1-2,9-10,12-14,17,23,30H,3-8,11,31H2,(H,33,34). The lowest BCUT2D eigenvalue weighted by Crippen LogP contribution is -2.37. The lowest BCUT2D eigenvalue weighted by molar-refractivity contribution is -0.156. The topological polar surface area (TPSA) is 128 Å². The lowest BCUT2D eigenvalue weighted by Gasteiger charge is -2.29. The van der Waals surface area contributed by atoms with Crippen LogP contribution in [0, 0.1) is 17.0 Å². The second-order valence-corrected chi connectivity index (χ2v) is 9.33. The molecule has 5 rings (SSSR count). The van der Waals surface area contributed by atoms with Crippen molar-refractivity contribution in [3.63, 3.8) is 0 Å². The summed E-state index contributed by atoms with van der Waals surface area (Å²) in [6.45, 7) is 1.30. The molecule has 0 saturated carbocycles. The van der Waals surface area contributed by atoms with Gasteiger partial charge in [0.15, 0.2) is 17.7 Å². The summed E-state index contributed by atoms with van der Waals surface area (Å²) < 4.78 is 45.4. The molecule has 1 aromatic heterocycles. The van der Waals surface area contributed by atoms with Crippen LogP contribution in [0.2, 0.25) is 0 Å². The first-order valence-corrected chi connectivity index (χ1v) is 12.2. The van der Waals surface area contributed by atoms with Crippen molar-refractivity contribution < 1.29 is 32.9 Å². The molecule has 0 spiro atoms. The molecule has 2 atom stereocenters. The van der Waals surface area contributed by atoms with E-state index in [9.17, 15) is 18.7 Å². The van der Waals surface area contributed by atoms with E-state index in [1.165, 1.54) is 6.07 Å². The van der Waals surface area contributed by atoms with E-state index in [4.69, 9.17) is 30.3 Å². The predicted octanol–water partition coefficient (Wildman–Crippen LogP) is 4.66. The van der Waals surface area contributed by atoms with Gasteiger partial charge in [-0.2, -0.15) is 0 Å². The number of anilines is 1. The number of pyridine rings is 1. The highest BCUT2D eigenvalue weighted by molar-refractivity contribution is 6.05. The fraction of sp³-hybridized carbons (Fsp3) is 0.370. The number of ether oxygens (including phenoxy) is 3. The van der Waals surface area contributed by atoms with Crippen LogP contribution in [0.3, 0.4) is 0 Å². The van der Waals surface area contributed by atoms with Gasteiger partial charge in [0.25, 0.3) is 0 Å².